The highest BCUT2D eigenvalue weighted by Crippen LogP contribution is 2.38. The van der Waals surface area contributed by atoms with E-state index in [1.54, 1.807) is 7.05 Å². The molecule has 1 fully saturated rings. The van der Waals surface area contributed by atoms with Gasteiger partial charge in [0.1, 0.15) is 23.9 Å². The van der Waals surface area contributed by atoms with E-state index in [-0.39, 0.29) is 24.7 Å². The molecule has 2 aromatic rings. The number of primary amides is 1. The molecule has 4 amide bonds. The smallest absolute Gasteiger partial charge is 0.405 e. The van der Waals surface area contributed by atoms with Gasteiger partial charge in [0, 0.05) is 32.6 Å². The first kappa shape index (κ1) is 29.4. The van der Waals surface area contributed by atoms with E-state index < -0.39 is 53.2 Å². The molecule has 2 heterocycles. The number of piperidine rings is 1. The highest BCUT2D eigenvalue weighted by Gasteiger charge is 2.54. The molecule has 0 radical (unpaired) electrons. The summed E-state index contributed by atoms with van der Waals surface area (Å²) in [5, 5.41) is 8.20. The number of amides is 4. The monoisotopic (exact) mass is 571 g/mol. The fraction of sp³-hybridized carbons (Fsp3) is 0.393. The first-order valence-electron chi connectivity index (χ1n) is 12.9. The number of hydrogen-bond acceptors (Lipinski definition) is 7. The van der Waals surface area contributed by atoms with Gasteiger partial charge < -0.3 is 25.4 Å². The number of benzene rings is 2. The van der Waals surface area contributed by atoms with Crippen LogP contribution in [0.15, 0.2) is 53.6 Å². The number of ether oxygens (including phenoxy) is 2. The topological polar surface area (TPSA) is 144 Å². The van der Waals surface area contributed by atoms with E-state index in [0.717, 1.165) is 17.7 Å². The van der Waals surface area contributed by atoms with Crippen molar-refractivity contribution in [2.24, 2.45) is 16.3 Å². The Morgan fingerprint density at radius 2 is 1.88 bits per heavy atom. The second-order valence-electron chi connectivity index (χ2n) is 10.5. The Morgan fingerprint density at radius 3 is 2.54 bits per heavy atom. The third kappa shape index (κ3) is 6.28. The molecule has 0 aromatic heterocycles. The molecule has 2 aliphatic heterocycles. The SMILES string of the molecule is CN1N=C2CCN(C(=O)C(COc3ccc(F)cc3F)NC(=O)C(C)(C)OC(N)=O)C[C@@]2(Cc2ccccc2)C1=O. The quantitative estimate of drug-likeness (QED) is 0.471. The molecule has 4 rings (SSSR count). The van der Waals surface area contributed by atoms with E-state index >= 15 is 0 Å². The molecule has 41 heavy (non-hydrogen) atoms. The van der Waals surface area contributed by atoms with Gasteiger partial charge in [0.25, 0.3) is 11.8 Å². The number of likely N-dealkylation sites (tertiary alicyclic amines) is 1. The van der Waals surface area contributed by atoms with Crippen molar-refractivity contribution in [3.8, 4) is 5.75 Å². The average Bonchev–Trinajstić information content (AvgIpc) is 3.15. The van der Waals surface area contributed by atoms with Gasteiger partial charge in [-0.2, -0.15) is 5.10 Å². The van der Waals surface area contributed by atoms with Crippen LogP contribution in [0.1, 0.15) is 25.8 Å². The molecule has 1 saturated heterocycles. The number of hydrazone groups is 1. The van der Waals surface area contributed by atoms with Gasteiger partial charge >= 0.3 is 6.09 Å². The Kier molecular flexibility index (Phi) is 8.27. The highest BCUT2D eigenvalue weighted by atomic mass is 19.1. The number of nitrogens with two attached hydrogens (primary N) is 1. The third-order valence-electron chi connectivity index (χ3n) is 7.07. The Labute approximate surface area is 235 Å². The van der Waals surface area contributed by atoms with E-state index in [1.807, 2.05) is 30.3 Å². The van der Waals surface area contributed by atoms with Crippen molar-refractivity contribution >= 4 is 29.5 Å². The molecule has 0 spiro atoms. The maximum Gasteiger partial charge on any atom is 0.405 e. The number of hydrogen-bond donors (Lipinski definition) is 2. The fourth-order valence-corrected chi connectivity index (χ4v) is 5.01. The molecular formula is C28H31F2N5O6. The zero-order valence-electron chi connectivity index (χ0n) is 22.9. The van der Waals surface area contributed by atoms with Crippen molar-refractivity contribution in [3.05, 3.63) is 65.7 Å². The number of nitrogens with one attached hydrogen (secondary N) is 1. The zero-order chi connectivity index (χ0) is 29.9. The van der Waals surface area contributed by atoms with Crippen LogP contribution in [0.5, 0.6) is 5.75 Å². The lowest BCUT2D eigenvalue weighted by Crippen LogP contribution is -2.61. The second-order valence-corrected chi connectivity index (χ2v) is 10.5. The van der Waals surface area contributed by atoms with Crippen molar-refractivity contribution < 1.29 is 37.4 Å². The van der Waals surface area contributed by atoms with Crippen LogP contribution < -0.4 is 15.8 Å². The summed E-state index contributed by atoms with van der Waals surface area (Å²) in [6, 6.07) is 10.6. The van der Waals surface area contributed by atoms with Crippen molar-refractivity contribution in [2.75, 3.05) is 26.7 Å². The fourth-order valence-electron chi connectivity index (χ4n) is 5.01. The van der Waals surface area contributed by atoms with Gasteiger partial charge in [-0.25, -0.2) is 18.6 Å². The molecule has 2 aromatic carbocycles. The van der Waals surface area contributed by atoms with E-state index in [4.69, 9.17) is 15.2 Å². The molecule has 2 aliphatic rings. The summed E-state index contributed by atoms with van der Waals surface area (Å²) in [7, 11) is 1.56. The molecule has 1 unspecified atom stereocenters. The molecule has 0 bridgehead atoms. The van der Waals surface area contributed by atoms with E-state index in [1.165, 1.54) is 23.8 Å². The molecule has 11 nitrogen and oxygen atoms in total. The van der Waals surface area contributed by atoms with Gasteiger partial charge in [-0.15, -0.1) is 0 Å². The molecule has 3 N–H and O–H groups in total. The Bertz CT molecular complexity index is 1390. The lowest BCUT2D eigenvalue weighted by Gasteiger charge is -2.40. The maximum atomic E-state index is 14.3. The van der Waals surface area contributed by atoms with Gasteiger partial charge in [-0.1, -0.05) is 30.3 Å². The maximum absolute atomic E-state index is 14.3. The summed E-state index contributed by atoms with van der Waals surface area (Å²) < 4.78 is 38.0. The summed E-state index contributed by atoms with van der Waals surface area (Å²) in [5.74, 6) is -3.92. The minimum absolute atomic E-state index is 0.0266. The van der Waals surface area contributed by atoms with Gasteiger partial charge in [-0.3, -0.25) is 14.4 Å². The van der Waals surface area contributed by atoms with Crippen LogP contribution in [-0.4, -0.2) is 77.8 Å². The Balaban J connectivity index is 1.61. The Hall–Kier alpha value is -4.55. The standard InChI is InChI=1S/C28H31F2N5O6/c1-27(2,41-26(31)39)24(37)32-20(15-40-21-10-9-18(29)13-19(21)30)23(36)35-12-11-22-28(16-35,25(38)34(3)33-22)14-17-7-5-4-6-8-17/h4-10,13,20H,11-12,14-16H2,1-3H3,(H2,31,39)(H,32,37)/t20?,28-/m1/s1. The lowest BCUT2D eigenvalue weighted by atomic mass is 9.73. The van der Waals surface area contributed by atoms with Crippen LogP contribution in [-0.2, 0) is 25.5 Å². The average molecular weight is 572 g/mol. The zero-order valence-corrected chi connectivity index (χ0v) is 22.9. The largest absolute Gasteiger partial charge is 0.488 e. The molecule has 2 atom stereocenters. The first-order chi connectivity index (χ1) is 19.3. The number of rotatable bonds is 9. The predicted octanol–water partition coefficient (Wildman–Crippen LogP) is 1.99. The molecule has 0 aliphatic carbocycles. The summed E-state index contributed by atoms with van der Waals surface area (Å²) in [4.78, 5) is 53.1. The minimum atomic E-state index is -1.76. The molecule has 13 heteroatoms. The van der Waals surface area contributed by atoms with Crippen LogP contribution >= 0.6 is 0 Å². The van der Waals surface area contributed by atoms with Gasteiger partial charge in [0.2, 0.25) is 5.91 Å². The van der Waals surface area contributed by atoms with E-state index in [9.17, 15) is 28.0 Å². The van der Waals surface area contributed by atoms with Crippen LogP contribution in [0, 0.1) is 17.0 Å². The van der Waals surface area contributed by atoms with E-state index in [2.05, 4.69) is 10.4 Å². The number of halogens is 2. The van der Waals surface area contributed by atoms with Crippen LogP contribution in [0.2, 0.25) is 0 Å². The first-order valence-corrected chi connectivity index (χ1v) is 12.9. The number of carbonyl (C=O) groups excluding carboxylic acids is 4. The lowest BCUT2D eigenvalue weighted by molar-refractivity contribution is -0.145. The van der Waals surface area contributed by atoms with Crippen LogP contribution in [0.4, 0.5) is 13.6 Å². The molecule has 218 valence electrons. The highest BCUT2D eigenvalue weighted by molar-refractivity contribution is 6.13. The second kappa shape index (κ2) is 11.5. The summed E-state index contributed by atoms with van der Waals surface area (Å²) >= 11 is 0. The Morgan fingerprint density at radius 1 is 1.17 bits per heavy atom. The van der Waals surface area contributed by atoms with Crippen molar-refractivity contribution in [3.63, 3.8) is 0 Å². The van der Waals surface area contributed by atoms with Gasteiger partial charge in [0.05, 0.1) is 5.71 Å². The van der Waals surface area contributed by atoms with Gasteiger partial charge in [0.15, 0.2) is 17.2 Å². The summed E-state index contributed by atoms with van der Waals surface area (Å²) in [6.07, 6.45) is -0.598. The van der Waals surface area contributed by atoms with Crippen molar-refractivity contribution in [2.45, 2.75) is 38.3 Å². The summed E-state index contributed by atoms with van der Waals surface area (Å²) in [5.41, 5.74) is 3.74. The number of carbonyl (C=O) groups is 4. The van der Waals surface area contributed by atoms with E-state index in [0.29, 0.717) is 24.6 Å². The normalized spacial score (nSPS) is 19.2. The van der Waals surface area contributed by atoms with Crippen LogP contribution in [0.3, 0.4) is 0 Å². The summed E-state index contributed by atoms with van der Waals surface area (Å²) in [6.45, 7) is 2.17. The number of fused-ring (bicyclic) bond motifs is 1. The third-order valence-corrected chi connectivity index (χ3v) is 7.07. The molecule has 0 saturated carbocycles. The predicted molar refractivity (Wildman–Crippen MR) is 143 cm³/mol. The van der Waals surface area contributed by atoms with Crippen molar-refractivity contribution in [1.29, 1.82) is 0 Å². The van der Waals surface area contributed by atoms with Gasteiger partial charge in [-0.05, 0) is 38.0 Å². The van der Waals surface area contributed by atoms with Crippen LogP contribution in [0.25, 0.3) is 0 Å². The number of nitrogens with zero attached hydrogens (tertiary/aromatic N) is 3. The molecular weight excluding hydrogens is 540 g/mol. The van der Waals surface area contributed by atoms with Crippen molar-refractivity contribution in [1.82, 2.24) is 15.2 Å². The minimum Gasteiger partial charge on any atom is -0.488 e.